The molecule has 3 aliphatic heterocycles. The Kier molecular flexibility index (Phi) is 8.52. The quantitative estimate of drug-likeness (QED) is 0.461. The van der Waals surface area contributed by atoms with Crippen LogP contribution in [0.1, 0.15) is 38.2 Å². The van der Waals surface area contributed by atoms with Crippen molar-refractivity contribution in [1.82, 2.24) is 19.9 Å². The van der Waals surface area contributed by atoms with Gasteiger partial charge in [0.1, 0.15) is 11.6 Å². The lowest BCUT2D eigenvalue weighted by atomic mass is 9.99. The molecule has 6 rings (SSSR count). The summed E-state index contributed by atoms with van der Waals surface area (Å²) in [7, 11) is 3.74. The van der Waals surface area contributed by atoms with Crippen molar-refractivity contribution in [2.45, 2.75) is 57.3 Å². The van der Waals surface area contributed by atoms with Crippen LogP contribution in [0.5, 0.6) is 5.75 Å². The van der Waals surface area contributed by atoms with Crippen molar-refractivity contribution in [3.8, 4) is 17.0 Å². The number of aliphatic hydroxyl groups excluding tert-OH is 1. The second kappa shape index (κ2) is 12.4. The molecule has 10 nitrogen and oxygen atoms in total. The molecule has 0 saturated carbocycles. The molecular weight excluding hydrogens is 520 g/mol. The van der Waals surface area contributed by atoms with Gasteiger partial charge in [-0.05, 0) is 62.9 Å². The number of aliphatic hydroxyl groups is 1. The summed E-state index contributed by atoms with van der Waals surface area (Å²) in [6, 6.07) is 11.1. The third-order valence-electron chi connectivity index (χ3n) is 8.98. The molecule has 2 aromatic heterocycles. The summed E-state index contributed by atoms with van der Waals surface area (Å²) >= 11 is 0. The average molecular weight is 563 g/mol. The maximum atomic E-state index is 9.86. The first kappa shape index (κ1) is 28.1. The third kappa shape index (κ3) is 5.83. The predicted molar refractivity (Wildman–Crippen MR) is 160 cm³/mol. The van der Waals surface area contributed by atoms with Crippen molar-refractivity contribution in [2.24, 2.45) is 0 Å². The van der Waals surface area contributed by atoms with Crippen LogP contribution in [-0.2, 0) is 16.1 Å². The summed E-state index contributed by atoms with van der Waals surface area (Å²) in [5.74, 6) is 2.29. The van der Waals surface area contributed by atoms with Crippen molar-refractivity contribution < 1.29 is 19.3 Å². The number of nitrogens with zero attached hydrogens (tertiary/aromatic N) is 6. The number of likely N-dealkylation sites (tertiary alicyclic amines) is 1. The zero-order chi connectivity index (χ0) is 28.3. The zero-order valence-corrected chi connectivity index (χ0v) is 24.5. The Balaban J connectivity index is 1.33. The van der Waals surface area contributed by atoms with Crippen LogP contribution in [0.15, 0.2) is 30.3 Å². The van der Waals surface area contributed by atoms with Gasteiger partial charge in [-0.3, -0.25) is 0 Å². The average Bonchev–Trinajstić information content (AvgIpc) is 3.04. The molecule has 0 unspecified atom stereocenters. The van der Waals surface area contributed by atoms with E-state index in [1.54, 1.807) is 7.11 Å². The first-order chi connectivity index (χ1) is 20.1. The van der Waals surface area contributed by atoms with E-state index in [0.29, 0.717) is 42.6 Å². The van der Waals surface area contributed by atoms with Crippen molar-refractivity contribution in [3.63, 3.8) is 0 Å². The number of methoxy groups -OCH3 is 1. The summed E-state index contributed by atoms with van der Waals surface area (Å²) in [6.07, 6.45) is 4.44. The SMILES string of the molecule is COc1ccc(-c2ccc3c(N4CCOC[C@@H]4C)nc(N(C)C4CCN(C5CCOCC5)CC4)nc3n2)cc1CO. The third-order valence-corrected chi connectivity index (χ3v) is 8.98. The molecule has 41 heavy (non-hydrogen) atoms. The highest BCUT2D eigenvalue weighted by atomic mass is 16.5. The number of piperidine rings is 1. The predicted octanol–water partition coefficient (Wildman–Crippen LogP) is 3.50. The molecule has 3 saturated heterocycles. The smallest absolute Gasteiger partial charge is 0.229 e. The number of benzene rings is 1. The van der Waals surface area contributed by atoms with Gasteiger partial charge in [-0.25, -0.2) is 4.98 Å². The van der Waals surface area contributed by atoms with E-state index in [4.69, 9.17) is 29.2 Å². The molecule has 1 atom stereocenters. The summed E-state index contributed by atoms with van der Waals surface area (Å²) in [5.41, 5.74) is 3.11. The first-order valence-corrected chi connectivity index (χ1v) is 14.9. The van der Waals surface area contributed by atoms with Crippen LogP contribution in [0.2, 0.25) is 0 Å². The fourth-order valence-corrected chi connectivity index (χ4v) is 6.48. The van der Waals surface area contributed by atoms with Gasteiger partial charge in [0.25, 0.3) is 0 Å². The maximum Gasteiger partial charge on any atom is 0.229 e. The van der Waals surface area contributed by atoms with E-state index < -0.39 is 0 Å². The second-order valence-electron chi connectivity index (χ2n) is 11.4. The number of hydrogen-bond acceptors (Lipinski definition) is 10. The number of anilines is 2. The number of rotatable bonds is 7. The minimum Gasteiger partial charge on any atom is -0.496 e. The Morgan fingerprint density at radius 2 is 1.78 bits per heavy atom. The lowest BCUT2D eigenvalue weighted by molar-refractivity contribution is 0.0252. The van der Waals surface area contributed by atoms with E-state index in [1.165, 1.54) is 0 Å². The number of morpholine rings is 1. The van der Waals surface area contributed by atoms with E-state index >= 15 is 0 Å². The minimum atomic E-state index is -0.103. The van der Waals surface area contributed by atoms with E-state index in [1.807, 2.05) is 24.3 Å². The Hall–Kier alpha value is -3.05. The van der Waals surface area contributed by atoms with Crippen LogP contribution in [-0.4, -0.2) is 103 Å². The van der Waals surface area contributed by atoms with Gasteiger partial charge in [0.2, 0.25) is 5.95 Å². The normalized spacial score (nSPS) is 21.4. The van der Waals surface area contributed by atoms with Gasteiger partial charge in [-0.15, -0.1) is 0 Å². The summed E-state index contributed by atoms with van der Waals surface area (Å²) in [6.45, 7) is 8.14. The molecule has 1 aromatic carbocycles. The van der Waals surface area contributed by atoms with Gasteiger partial charge in [0, 0.05) is 63.1 Å². The van der Waals surface area contributed by atoms with Gasteiger partial charge in [0.15, 0.2) is 5.65 Å². The molecule has 3 aliphatic rings. The topological polar surface area (TPSA) is 96.3 Å². The number of ether oxygens (including phenoxy) is 3. The fourth-order valence-electron chi connectivity index (χ4n) is 6.48. The molecular formula is C31H42N6O4. The number of pyridine rings is 1. The Labute approximate surface area is 242 Å². The van der Waals surface area contributed by atoms with Crippen LogP contribution in [0.25, 0.3) is 22.3 Å². The summed E-state index contributed by atoms with van der Waals surface area (Å²) in [5, 5.41) is 10.8. The lowest BCUT2D eigenvalue weighted by Gasteiger charge is -2.41. The molecule has 0 aliphatic carbocycles. The van der Waals surface area contributed by atoms with Crippen LogP contribution in [0.3, 0.4) is 0 Å². The van der Waals surface area contributed by atoms with Gasteiger partial charge < -0.3 is 34.0 Å². The van der Waals surface area contributed by atoms with Crippen LogP contribution < -0.4 is 14.5 Å². The van der Waals surface area contributed by atoms with Gasteiger partial charge >= 0.3 is 0 Å². The molecule has 0 amide bonds. The number of aromatic nitrogens is 3. The van der Waals surface area contributed by atoms with Gasteiger partial charge in [0.05, 0.1) is 44.1 Å². The Morgan fingerprint density at radius 3 is 2.51 bits per heavy atom. The van der Waals surface area contributed by atoms with E-state index in [9.17, 15) is 5.11 Å². The fraction of sp³-hybridized carbons (Fsp3) is 0.581. The Bertz CT molecular complexity index is 1340. The highest BCUT2D eigenvalue weighted by Crippen LogP contribution is 2.33. The molecule has 3 fully saturated rings. The Morgan fingerprint density at radius 1 is 0.976 bits per heavy atom. The summed E-state index contributed by atoms with van der Waals surface area (Å²) < 4.78 is 16.7. The van der Waals surface area contributed by atoms with Crippen LogP contribution >= 0.6 is 0 Å². The first-order valence-electron chi connectivity index (χ1n) is 14.9. The molecule has 10 heteroatoms. The lowest BCUT2D eigenvalue weighted by Crippen LogP contribution is -2.49. The molecule has 5 heterocycles. The molecule has 1 N–H and O–H groups in total. The monoisotopic (exact) mass is 562 g/mol. The van der Waals surface area contributed by atoms with Crippen LogP contribution in [0, 0.1) is 0 Å². The van der Waals surface area contributed by atoms with Crippen molar-refractivity contribution in [2.75, 3.05) is 70.0 Å². The van der Waals surface area contributed by atoms with E-state index in [2.05, 4.69) is 34.7 Å². The highest BCUT2D eigenvalue weighted by molar-refractivity contribution is 5.90. The molecule has 0 radical (unpaired) electrons. The van der Waals surface area contributed by atoms with Crippen LogP contribution in [0.4, 0.5) is 11.8 Å². The second-order valence-corrected chi connectivity index (χ2v) is 11.4. The molecule has 3 aromatic rings. The largest absolute Gasteiger partial charge is 0.496 e. The summed E-state index contributed by atoms with van der Waals surface area (Å²) in [4.78, 5) is 22.5. The van der Waals surface area contributed by atoms with Crippen molar-refractivity contribution in [3.05, 3.63) is 35.9 Å². The number of fused-ring (bicyclic) bond motifs is 1. The molecule has 0 bridgehead atoms. The number of hydrogen-bond donors (Lipinski definition) is 1. The van der Waals surface area contributed by atoms with E-state index in [-0.39, 0.29) is 12.6 Å². The minimum absolute atomic E-state index is 0.103. The van der Waals surface area contributed by atoms with Gasteiger partial charge in [-0.1, -0.05) is 0 Å². The zero-order valence-electron chi connectivity index (χ0n) is 24.5. The molecule has 0 spiro atoms. The van der Waals surface area contributed by atoms with Crippen molar-refractivity contribution >= 4 is 22.8 Å². The van der Waals surface area contributed by atoms with Gasteiger partial charge in [-0.2, -0.15) is 9.97 Å². The van der Waals surface area contributed by atoms with Crippen molar-refractivity contribution in [1.29, 1.82) is 0 Å². The standard InChI is InChI=1S/C31H42N6O4/c1-21-20-41-17-14-37(21)30-26-5-6-27(22-4-7-28(39-3)23(18-22)19-38)32-29(26)33-31(34-30)35(2)24-8-12-36(13-9-24)25-10-15-40-16-11-25/h4-7,18,21,24-25,38H,8-17,19-20H2,1-3H3/t21-/m0/s1. The van der Waals surface area contributed by atoms with E-state index in [0.717, 1.165) is 86.6 Å². The molecule has 220 valence electrons. The highest BCUT2D eigenvalue weighted by Gasteiger charge is 2.30. The maximum absolute atomic E-state index is 9.86.